The van der Waals surface area contributed by atoms with Crippen molar-refractivity contribution in [3.8, 4) is 5.69 Å². The third-order valence-corrected chi connectivity index (χ3v) is 3.76. The average molecular weight is 335 g/mol. The average Bonchev–Trinajstić information content (AvgIpc) is 3.10. The fourth-order valence-electron chi connectivity index (χ4n) is 2.41. The highest BCUT2D eigenvalue weighted by atomic mass is 19.1. The zero-order chi connectivity index (χ0) is 17.6. The maximum Gasteiger partial charge on any atom is 0.246 e. The van der Waals surface area contributed by atoms with Crippen molar-refractivity contribution < 1.29 is 9.18 Å². The minimum Gasteiger partial charge on any atom is -0.338 e. The molecule has 0 unspecified atom stereocenters. The highest BCUT2D eigenvalue weighted by Gasteiger charge is 2.08. The third kappa shape index (κ3) is 4.20. The quantitative estimate of drug-likeness (QED) is 0.667. The lowest BCUT2D eigenvalue weighted by Gasteiger charge is -2.13. The molecule has 0 aliphatic rings. The minimum absolute atomic E-state index is 0.198. The van der Waals surface area contributed by atoms with Crippen molar-refractivity contribution in [1.29, 1.82) is 0 Å². The molecule has 0 aliphatic carbocycles. The molecule has 5 heteroatoms. The van der Waals surface area contributed by atoms with Gasteiger partial charge in [0.15, 0.2) is 0 Å². The van der Waals surface area contributed by atoms with Gasteiger partial charge in [-0.1, -0.05) is 36.4 Å². The summed E-state index contributed by atoms with van der Waals surface area (Å²) >= 11 is 0. The van der Waals surface area contributed by atoms with Crippen LogP contribution in [0.15, 0.2) is 73.1 Å². The second kappa shape index (κ2) is 7.57. The molecule has 1 aromatic heterocycles. The van der Waals surface area contributed by atoms with E-state index in [2.05, 4.69) is 5.10 Å². The molecule has 0 spiro atoms. The van der Waals surface area contributed by atoms with Crippen molar-refractivity contribution in [3.63, 3.8) is 0 Å². The lowest BCUT2D eigenvalue weighted by molar-refractivity contribution is -0.125. The molecule has 0 bridgehead atoms. The molecule has 0 saturated carbocycles. The number of benzene rings is 2. The van der Waals surface area contributed by atoms with Gasteiger partial charge in [0.2, 0.25) is 5.91 Å². The first-order valence-corrected chi connectivity index (χ1v) is 7.90. The second-order valence-electron chi connectivity index (χ2n) is 5.68. The van der Waals surface area contributed by atoms with E-state index in [4.69, 9.17) is 0 Å². The summed E-state index contributed by atoms with van der Waals surface area (Å²) in [5.74, 6) is -0.547. The van der Waals surface area contributed by atoms with E-state index >= 15 is 0 Å². The summed E-state index contributed by atoms with van der Waals surface area (Å²) < 4.78 is 15.3. The van der Waals surface area contributed by atoms with E-state index in [0.717, 1.165) is 11.3 Å². The van der Waals surface area contributed by atoms with E-state index in [1.165, 1.54) is 18.2 Å². The molecule has 0 N–H and O–H groups in total. The second-order valence-corrected chi connectivity index (χ2v) is 5.68. The van der Waals surface area contributed by atoms with E-state index in [0.29, 0.717) is 12.1 Å². The van der Waals surface area contributed by atoms with Crippen molar-refractivity contribution in [3.05, 3.63) is 90.0 Å². The Labute approximate surface area is 145 Å². The van der Waals surface area contributed by atoms with Crippen molar-refractivity contribution in [2.24, 2.45) is 0 Å². The Hall–Kier alpha value is -3.21. The Morgan fingerprint density at radius 2 is 1.88 bits per heavy atom. The molecule has 2 aromatic carbocycles. The number of amides is 1. The van der Waals surface area contributed by atoms with E-state index in [1.807, 2.05) is 36.5 Å². The molecule has 1 heterocycles. The highest BCUT2D eigenvalue weighted by molar-refractivity contribution is 5.91. The van der Waals surface area contributed by atoms with Crippen LogP contribution in [0.1, 0.15) is 11.1 Å². The molecule has 4 nitrogen and oxygen atoms in total. The van der Waals surface area contributed by atoms with E-state index in [9.17, 15) is 9.18 Å². The molecular weight excluding hydrogens is 317 g/mol. The molecule has 0 atom stereocenters. The first kappa shape index (κ1) is 16.6. The van der Waals surface area contributed by atoms with Gasteiger partial charge in [0.05, 0.1) is 11.9 Å². The smallest absolute Gasteiger partial charge is 0.246 e. The topological polar surface area (TPSA) is 38.1 Å². The van der Waals surface area contributed by atoms with E-state index < -0.39 is 0 Å². The number of hydrogen-bond acceptors (Lipinski definition) is 2. The molecule has 0 saturated heterocycles. The number of carbonyl (C=O) groups excluding carboxylic acids is 1. The summed E-state index contributed by atoms with van der Waals surface area (Å²) in [5, 5.41) is 4.32. The summed E-state index contributed by atoms with van der Waals surface area (Å²) in [6.07, 6.45) is 6.48. The molecule has 1 amide bonds. The number of hydrogen-bond donors (Lipinski definition) is 0. The minimum atomic E-state index is -0.349. The van der Waals surface area contributed by atoms with Crippen molar-refractivity contribution in [1.82, 2.24) is 14.7 Å². The maximum atomic E-state index is 13.6. The van der Waals surface area contributed by atoms with Gasteiger partial charge in [-0.3, -0.25) is 4.79 Å². The van der Waals surface area contributed by atoms with Crippen molar-refractivity contribution in [2.45, 2.75) is 6.54 Å². The number of aromatic nitrogens is 2. The van der Waals surface area contributed by atoms with Gasteiger partial charge in [-0.15, -0.1) is 0 Å². The van der Waals surface area contributed by atoms with Gasteiger partial charge in [-0.05, 0) is 24.3 Å². The fraction of sp³-hybridized carbons (Fsp3) is 0.100. The fourth-order valence-corrected chi connectivity index (χ4v) is 2.41. The van der Waals surface area contributed by atoms with Gasteiger partial charge in [-0.2, -0.15) is 5.10 Å². The molecular formula is C20H18FN3O. The summed E-state index contributed by atoms with van der Waals surface area (Å²) in [7, 11) is 1.70. The molecule has 0 fully saturated rings. The Balaban J connectivity index is 1.64. The van der Waals surface area contributed by atoms with Crippen LogP contribution in [0.4, 0.5) is 4.39 Å². The predicted octanol–water partition coefficient (Wildman–Crippen LogP) is 3.68. The summed E-state index contributed by atoms with van der Waals surface area (Å²) in [4.78, 5) is 13.8. The summed E-state index contributed by atoms with van der Waals surface area (Å²) in [5.41, 5.74) is 2.27. The number of halogens is 1. The van der Waals surface area contributed by atoms with Crippen molar-refractivity contribution in [2.75, 3.05) is 7.05 Å². The van der Waals surface area contributed by atoms with Gasteiger partial charge >= 0.3 is 0 Å². The largest absolute Gasteiger partial charge is 0.338 e. The van der Waals surface area contributed by atoms with E-state index in [-0.39, 0.29) is 11.7 Å². The zero-order valence-corrected chi connectivity index (χ0v) is 13.8. The molecule has 0 aliphatic heterocycles. The van der Waals surface area contributed by atoms with Gasteiger partial charge in [-0.25, -0.2) is 9.07 Å². The third-order valence-electron chi connectivity index (χ3n) is 3.76. The van der Waals surface area contributed by atoms with Crippen LogP contribution in [0.3, 0.4) is 0 Å². The van der Waals surface area contributed by atoms with Crippen LogP contribution in [-0.4, -0.2) is 27.6 Å². The number of carbonyl (C=O) groups is 1. The van der Waals surface area contributed by atoms with Crippen LogP contribution < -0.4 is 0 Å². The Kier molecular flexibility index (Phi) is 5.04. The number of para-hydroxylation sites is 1. The monoisotopic (exact) mass is 335 g/mol. The van der Waals surface area contributed by atoms with Gasteiger partial charge in [0.1, 0.15) is 5.82 Å². The lowest BCUT2D eigenvalue weighted by atomic mass is 10.2. The van der Waals surface area contributed by atoms with Gasteiger partial charge < -0.3 is 4.90 Å². The van der Waals surface area contributed by atoms with Crippen LogP contribution in [0.2, 0.25) is 0 Å². The van der Waals surface area contributed by atoms with Crippen LogP contribution in [0.25, 0.3) is 11.8 Å². The number of rotatable bonds is 5. The molecule has 126 valence electrons. The van der Waals surface area contributed by atoms with Crippen LogP contribution in [-0.2, 0) is 11.3 Å². The summed E-state index contributed by atoms with van der Waals surface area (Å²) in [6, 6.07) is 16.1. The molecule has 3 rings (SSSR count). The SMILES string of the molecule is CN(Cc1cnn(-c2ccccc2)c1)C(=O)/C=C/c1ccccc1F. The highest BCUT2D eigenvalue weighted by Crippen LogP contribution is 2.11. The normalized spacial score (nSPS) is 11.0. The van der Waals surface area contributed by atoms with E-state index in [1.54, 1.807) is 41.0 Å². The van der Waals surface area contributed by atoms with Crippen LogP contribution >= 0.6 is 0 Å². The van der Waals surface area contributed by atoms with Crippen LogP contribution in [0.5, 0.6) is 0 Å². The predicted molar refractivity (Wildman–Crippen MR) is 95.5 cm³/mol. The molecule has 0 radical (unpaired) electrons. The summed E-state index contributed by atoms with van der Waals surface area (Å²) in [6.45, 7) is 0.424. The van der Waals surface area contributed by atoms with Gasteiger partial charge in [0.25, 0.3) is 0 Å². The Bertz CT molecular complexity index is 887. The number of likely N-dealkylation sites (N-methyl/N-ethyl adjacent to an activating group) is 1. The molecule has 25 heavy (non-hydrogen) atoms. The van der Waals surface area contributed by atoms with Gasteiger partial charge in [0, 0.05) is 37.0 Å². The Morgan fingerprint density at radius 3 is 2.64 bits per heavy atom. The lowest BCUT2D eigenvalue weighted by Crippen LogP contribution is -2.23. The van der Waals surface area contributed by atoms with Crippen molar-refractivity contribution >= 4 is 12.0 Å². The standard InChI is InChI=1S/C20H18FN3O/c1-23(20(25)12-11-17-7-5-6-10-19(17)21)14-16-13-22-24(15-16)18-8-3-2-4-9-18/h2-13,15H,14H2,1H3/b12-11+. The zero-order valence-electron chi connectivity index (χ0n) is 13.8. The maximum absolute atomic E-state index is 13.6. The first-order valence-electron chi connectivity index (χ1n) is 7.90. The first-order chi connectivity index (χ1) is 12.1. The van der Waals surface area contributed by atoms with Crippen LogP contribution in [0, 0.1) is 5.82 Å². The number of nitrogens with zero attached hydrogens (tertiary/aromatic N) is 3. The Morgan fingerprint density at radius 1 is 1.16 bits per heavy atom. The molecule has 3 aromatic rings.